The van der Waals surface area contributed by atoms with Crippen LogP contribution in [-0.4, -0.2) is 21.9 Å². The van der Waals surface area contributed by atoms with Crippen molar-refractivity contribution in [1.82, 2.24) is 15.1 Å². The topological polar surface area (TPSA) is 29.9 Å². The second-order valence-electron chi connectivity index (χ2n) is 5.71. The summed E-state index contributed by atoms with van der Waals surface area (Å²) in [7, 11) is 0. The first-order chi connectivity index (χ1) is 7.78. The monoisotopic (exact) mass is 237 g/mol. The van der Waals surface area contributed by atoms with Crippen molar-refractivity contribution in [1.29, 1.82) is 0 Å². The highest BCUT2D eigenvalue weighted by molar-refractivity contribution is 5.22. The van der Waals surface area contributed by atoms with E-state index in [9.17, 15) is 0 Å². The van der Waals surface area contributed by atoms with E-state index in [-0.39, 0.29) is 5.54 Å². The van der Waals surface area contributed by atoms with Gasteiger partial charge in [-0.2, -0.15) is 5.10 Å². The highest BCUT2D eigenvalue weighted by atomic mass is 15.3. The fraction of sp³-hybridized carbons (Fsp3) is 0.786. The minimum absolute atomic E-state index is 0.208. The standard InChI is InChI=1S/C14H27N3/c1-8-14(6,7)15-9-10(2)17-13(5)11(3)12(4)16-17/h10,15H,8-9H2,1-7H3. The summed E-state index contributed by atoms with van der Waals surface area (Å²) < 4.78 is 2.14. The maximum absolute atomic E-state index is 4.61. The summed E-state index contributed by atoms with van der Waals surface area (Å²) in [6, 6.07) is 0.397. The first kappa shape index (κ1) is 14.2. The van der Waals surface area contributed by atoms with E-state index in [0.29, 0.717) is 6.04 Å². The molecule has 0 saturated heterocycles. The molecule has 1 unspecified atom stereocenters. The fourth-order valence-electron chi connectivity index (χ4n) is 1.81. The second kappa shape index (κ2) is 5.21. The normalized spacial score (nSPS) is 14.1. The van der Waals surface area contributed by atoms with E-state index in [1.165, 1.54) is 11.3 Å². The minimum Gasteiger partial charge on any atom is -0.310 e. The van der Waals surface area contributed by atoms with Crippen LogP contribution in [0, 0.1) is 20.8 Å². The molecule has 0 aliphatic carbocycles. The molecule has 1 heterocycles. The zero-order chi connectivity index (χ0) is 13.2. The predicted octanol–water partition coefficient (Wildman–Crippen LogP) is 3.15. The van der Waals surface area contributed by atoms with E-state index < -0.39 is 0 Å². The largest absolute Gasteiger partial charge is 0.310 e. The molecule has 0 bridgehead atoms. The molecule has 1 N–H and O–H groups in total. The third kappa shape index (κ3) is 3.32. The number of nitrogens with zero attached hydrogens (tertiary/aromatic N) is 2. The van der Waals surface area contributed by atoms with Crippen molar-refractivity contribution in [3.05, 3.63) is 17.0 Å². The van der Waals surface area contributed by atoms with E-state index >= 15 is 0 Å². The lowest BCUT2D eigenvalue weighted by Gasteiger charge is -2.27. The van der Waals surface area contributed by atoms with Crippen LogP contribution in [0.3, 0.4) is 0 Å². The molecule has 0 saturated carbocycles. The molecule has 1 rings (SSSR count). The summed E-state index contributed by atoms with van der Waals surface area (Å²) in [5.74, 6) is 0. The smallest absolute Gasteiger partial charge is 0.0625 e. The van der Waals surface area contributed by atoms with E-state index in [4.69, 9.17) is 0 Å². The fourth-order valence-corrected chi connectivity index (χ4v) is 1.81. The van der Waals surface area contributed by atoms with Crippen molar-refractivity contribution in [3.63, 3.8) is 0 Å². The molecule has 0 spiro atoms. The highest BCUT2D eigenvalue weighted by Crippen LogP contribution is 2.16. The number of aryl methyl sites for hydroxylation is 1. The van der Waals surface area contributed by atoms with Crippen LogP contribution in [0.15, 0.2) is 0 Å². The number of nitrogens with one attached hydrogen (secondary N) is 1. The van der Waals surface area contributed by atoms with E-state index in [2.05, 4.69) is 63.6 Å². The third-order valence-corrected chi connectivity index (χ3v) is 3.86. The summed E-state index contributed by atoms with van der Waals surface area (Å²) >= 11 is 0. The van der Waals surface area contributed by atoms with Crippen LogP contribution in [0.5, 0.6) is 0 Å². The predicted molar refractivity (Wildman–Crippen MR) is 73.5 cm³/mol. The van der Waals surface area contributed by atoms with Gasteiger partial charge in [0.15, 0.2) is 0 Å². The van der Waals surface area contributed by atoms with Gasteiger partial charge < -0.3 is 5.32 Å². The molecule has 1 aromatic rings. The van der Waals surface area contributed by atoms with Gasteiger partial charge in [-0.05, 0) is 53.5 Å². The van der Waals surface area contributed by atoms with Gasteiger partial charge in [0.2, 0.25) is 0 Å². The van der Waals surface area contributed by atoms with Crippen LogP contribution >= 0.6 is 0 Å². The summed E-state index contributed by atoms with van der Waals surface area (Å²) in [4.78, 5) is 0. The average molecular weight is 237 g/mol. The molecule has 3 heteroatoms. The Labute approximate surface area is 106 Å². The summed E-state index contributed by atoms with van der Waals surface area (Å²) in [5, 5.41) is 8.21. The maximum Gasteiger partial charge on any atom is 0.0625 e. The quantitative estimate of drug-likeness (QED) is 0.852. The number of hydrogen-bond acceptors (Lipinski definition) is 2. The lowest BCUT2D eigenvalue weighted by Crippen LogP contribution is -2.41. The molecule has 0 fully saturated rings. The lowest BCUT2D eigenvalue weighted by atomic mass is 10.0. The van der Waals surface area contributed by atoms with Gasteiger partial charge in [0.25, 0.3) is 0 Å². The average Bonchev–Trinajstić information content (AvgIpc) is 2.54. The first-order valence-corrected chi connectivity index (χ1v) is 6.56. The van der Waals surface area contributed by atoms with Gasteiger partial charge in [0.1, 0.15) is 0 Å². The van der Waals surface area contributed by atoms with E-state index in [1.807, 2.05) is 0 Å². The molecule has 0 aliphatic heterocycles. The van der Waals surface area contributed by atoms with Crippen LogP contribution < -0.4 is 5.32 Å². The maximum atomic E-state index is 4.61. The van der Waals surface area contributed by atoms with Crippen molar-refractivity contribution in [2.45, 2.75) is 66.5 Å². The van der Waals surface area contributed by atoms with Gasteiger partial charge in [-0.25, -0.2) is 0 Å². The lowest BCUT2D eigenvalue weighted by molar-refractivity contribution is 0.333. The van der Waals surface area contributed by atoms with Crippen LogP contribution in [0.1, 0.15) is 57.1 Å². The Morgan fingerprint density at radius 2 is 1.88 bits per heavy atom. The van der Waals surface area contributed by atoms with Crippen LogP contribution in [0.25, 0.3) is 0 Å². The molecule has 17 heavy (non-hydrogen) atoms. The molecule has 0 aliphatic rings. The molecule has 1 aromatic heterocycles. The van der Waals surface area contributed by atoms with Crippen LogP contribution in [0.4, 0.5) is 0 Å². The molecular weight excluding hydrogens is 210 g/mol. The Kier molecular flexibility index (Phi) is 4.36. The van der Waals surface area contributed by atoms with Gasteiger partial charge >= 0.3 is 0 Å². The Balaban J connectivity index is 2.70. The van der Waals surface area contributed by atoms with E-state index in [1.54, 1.807) is 0 Å². The number of rotatable bonds is 5. The molecule has 3 nitrogen and oxygen atoms in total. The van der Waals surface area contributed by atoms with Gasteiger partial charge in [-0.1, -0.05) is 6.92 Å². The molecule has 98 valence electrons. The summed E-state index contributed by atoms with van der Waals surface area (Å²) in [6.45, 7) is 16.2. The molecule has 0 radical (unpaired) electrons. The Bertz CT molecular complexity index is 377. The summed E-state index contributed by atoms with van der Waals surface area (Å²) in [6.07, 6.45) is 1.13. The van der Waals surface area contributed by atoms with Crippen LogP contribution in [0.2, 0.25) is 0 Å². The van der Waals surface area contributed by atoms with Crippen molar-refractivity contribution in [3.8, 4) is 0 Å². The van der Waals surface area contributed by atoms with Crippen molar-refractivity contribution in [2.24, 2.45) is 0 Å². The Morgan fingerprint density at radius 1 is 1.29 bits per heavy atom. The SMILES string of the molecule is CCC(C)(C)NCC(C)n1nc(C)c(C)c1C. The van der Waals surface area contributed by atoms with Crippen molar-refractivity contribution in [2.75, 3.05) is 6.54 Å². The van der Waals surface area contributed by atoms with E-state index in [0.717, 1.165) is 18.7 Å². The van der Waals surface area contributed by atoms with Crippen LogP contribution in [-0.2, 0) is 0 Å². The third-order valence-electron chi connectivity index (χ3n) is 3.86. The van der Waals surface area contributed by atoms with Gasteiger partial charge in [0.05, 0.1) is 11.7 Å². The molecule has 0 amide bonds. The van der Waals surface area contributed by atoms with Crippen molar-refractivity contribution >= 4 is 0 Å². The van der Waals surface area contributed by atoms with Gasteiger partial charge in [-0.15, -0.1) is 0 Å². The van der Waals surface area contributed by atoms with Gasteiger partial charge in [-0.3, -0.25) is 4.68 Å². The minimum atomic E-state index is 0.208. The molecule has 1 atom stereocenters. The Morgan fingerprint density at radius 3 is 2.29 bits per heavy atom. The zero-order valence-electron chi connectivity index (χ0n) is 12.4. The van der Waals surface area contributed by atoms with Gasteiger partial charge in [0, 0.05) is 17.8 Å². The first-order valence-electron chi connectivity index (χ1n) is 6.56. The number of hydrogen-bond donors (Lipinski definition) is 1. The molecular formula is C14H27N3. The summed E-state index contributed by atoms with van der Waals surface area (Å²) in [5.41, 5.74) is 3.95. The zero-order valence-corrected chi connectivity index (χ0v) is 12.4. The number of aromatic nitrogens is 2. The molecule has 0 aromatic carbocycles. The van der Waals surface area contributed by atoms with Crippen molar-refractivity contribution < 1.29 is 0 Å². The second-order valence-corrected chi connectivity index (χ2v) is 5.71. The highest BCUT2D eigenvalue weighted by Gasteiger charge is 2.17. The Hall–Kier alpha value is -0.830.